The van der Waals surface area contributed by atoms with Crippen molar-refractivity contribution in [3.63, 3.8) is 0 Å². The number of ether oxygens (including phenoxy) is 3. The first-order valence-electron chi connectivity index (χ1n) is 7.72. The van der Waals surface area contributed by atoms with Crippen LogP contribution in [0.5, 0.6) is 0 Å². The van der Waals surface area contributed by atoms with Crippen LogP contribution in [0.4, 0.5) is 0 Å². The van der Waals surface area contributed by atoms with Crippen LogP contribution in [0.15, 0.2) is 23.8 Å². The Hall–Kier alpha value is -1.62. The lowest BCUT2D eigenvalue weighted by Gasteiger charge is -2.27. The summed E-state index contributed by atoms with van der Waals surface area (Å²) in [6.45, 7) is 9.30. The molecule has 5 heteroatoms. The van der Waals surface area contributed by atoms with Gasteiger partial charge in [0.1, 0.15) is 18.3 Å². The number of carbonyl (C=O) groups excluding carboxylic acids is 2. The summed E-state index contributed by atoms with van der Waals surface area (Å²) in [4.78, 5) is 23.5. The molecule has 0 spiro atoms. The molecule has 0 N–H and O–H groups in total. The number of hydrogen-bond acceptors (Lipinski definition) is 5. The minimum atomic E-state index is -0.441. The zero-order valence-corrected chi connectivity index (χ0v) is 13.3. The Labute approximate surface area is 130 Å². The van der Waals surface area contributed by atoms with E-state index in [0.29, 0.717) is 12.0 Å². The Morgan fingerprint density at radius 2 is 2.23 bits per heavy atom. The molecule has 2 saturated heterocycles. The van der Waals surface area contributed by atoms with Gasteiger partial charge >= 0.3 is 11.9 Å². The third-order valence-electron chi connectivity index (χ3n) is 4.88. The van der Waals surface area contributed by atoms with Crippen LogP contribution in [0.3, 0.4) is 0 Å². The van der Waals surface area contributed by atoms with Crippen molar-refractivity contribution in [2.45, 2.75) is 63.9 Å². The Morgan fingerprint density at radius 1 is 1.50 bits per heavy atom. The van der Waals surface area contributed by atoms with Crippen molar-refractivity contribution in [1.82, 2.24) is 0 Å². The van der Waals surface area contributed by atoms with Gasteiger partial charge in [-0.15, -0.1) is 0 Å². The number of hydrogen-bond donors (Lipinski definition) is 0. The van der Waals surface area contributed by atoms with Crippen LogP contribution >= 0.6 is 0 Å². The normalized spacial score (nSPS) is 43.3. The number of epoxide rings is 1. The van der Waals surface area contributed by atoms with Crippen molar-refractivity contribution in [1.29, 1.82) is 0 Å². The fraction of sp³-hybridized carbons (Fsp3) is 0.647. The minimum absolute atomic E-state index is 0.148. The van der Waals surface area contributed by atoms with Crippen molar-refractivity contribution in [3.05, 3.63) is 23.8 Å². The lowest BCUT2D eigenvalue weighted by molar-refractivity contribution is -0.150. The lowest BCUT2D eigenvalue weighted by atomic mass is 9.82. The third-order valence-corrected chi connectivity index (χ3v) is 4.88. The molecule has 0 bridgehead atoms. The van der Waals surface area contributed by atoms with E-state index in [4.69, 9.17) is 14.2 Å². The van der Waals surface area contributed by atoms with Crippen molar-refractivity contribution < 1.29 is 23.8 Å². The topological polar surface area (TPSA) is 65.1 Å². The second-order valence-electron chi connectivity index (χ2n) is 6.71. The molecular formula is C17H22O5. The predicted molar refractivity (Wildman–Crippen MR) is 79.0 cm³/mol. The second kappa shape index (κ2) is 5.23. The number of allylic oxidation sites excluding steroid dienone is 1. The SMILES string of the molecule is C=C1C(=O)OC2C1C(OC(C)=O)C/C(C)=C\CC[C@@]1(C)O[C@@H]21. The first kappa shape index (κ1) is 15.3. The van der Waals surface area contributed by atoms with E-state index in [1.165, 1.54) is 6.92 Å². The highest BCUT2D eigenvalue weighted by Crippen LogP contribution is 2.50. The zero-order valence-electron chi connectivity index (χ0n) is 13.3. The molecule has 120 valence electrons. The summed E-state index contributed by atoms with van der Waals surface area (Å²) in [5, 5.41) is 0. The van der Waals surface area contributed by atoms with Crippen molar-refractivity contribution in [2.75, 3.05) is 0 Å². The maximum absolute atomic E-state index is 12.0. The summed E-state index contributed by atoms with van der Waals surface area (Å²) in [7, 11) is 0. The van der Waals surface area contributed by atoms with Gasteiger partial charge in [0.2, 0.25) is 0 Å². The number of fused-ring (bicyclic) bond motifs is 3. The smallest absolute Gasteiger partial charge is 0.334 e. The molecule has 22 heavy (non-hydrogen) atoms. The van der Waals surface area contributed by atoms with E-state index < -0.39 is 18.2 Å². The first-order valence-corrected chi connectivity index (χ1v) is 7.72. The largest absolute Gasteiger partial charge is 0.461 e. The van der Waals surface area contributed by atoms with Crippen LogP contribution in [-0.4, -0.2) is 35.9 Å². The van der Waals surface area contributed by atoms with E-state index in [1.807, 2.05) is 13.8 Å². The standard InChI is InChI=1S/C17H22O5/c1-9-6-5-7-17(4)15(22-17)14-13(10(2)16(19)21-14)12(8-9)20-11(3)18/h6,12-15H,2,5,7-8H2,1,3-4H3/b9-6-/t12?,13?,14?,15-,17+/m0/s1. The second-order valence-corrected chi connectivity index (χ2v) is 6.71. The van der Waals surface area contributed by atoms with Gasteiger partial charge in [0.15, 0.2) is 0 Å². The quantitative estimate of drug-likeness (QED) is 0.322. The van der Waals surface area contributed by atoms with Crippen LogP contribution in [0.25, 0.3) is 0 Å². The van der Waals surface area contributed by atoms with E-state index in [2.05, 4.69) is 12.7 Å². The molecule has 0 aromatic carbocycles. The minimum Gasteiger partial charge on any atom is -0.461 e. The fourth-order valence-corrected chi connectivity index (χ4v) is 3.63. The Bertz CT molecular complexity index is 563. The number of rotatable bonds is 1. The molecule has 1 aliphatic carbocycles. The molecule has 2 heterocycles. The highest BCUT2D eigenvalue weighted by Gasteiger charge is 2.63. The van der Waals surface area contributed by atoms with Crippen molar-refractivity contribution >= 4 is 11.9 Å². The molecule has 2 aliphatic heterocycles. The van der Waals surface area contributed by atoms with Crippen molar-refractivity contribution in [3.8, 4) is 0 Å². The van der Waals surface area contributed by atoms with E-state index in [1.54, 1.807) is 0 Å². The predicted octanol–water partition coefficient (Wildman–Crippen LogP) is 2.30. The molecule has 3 aliphatic rings. The van der Waals surface area contributed by atoms with Gasteiger partial charge in [-0.2, -0.15) is 0 Å². The summed E-state index contributed by atoms with van der Waals surface area (Å²) < 4.78 is 16.8. The lowest BCUT2D eigenvalue weighted by Crippen LogP contribution is -2.38. The third kappa shape index (κ3) is 2.58. The summed E-state index contributed by atoms with van der Waals surface area (Å²) in [6, 6.07) is 0. The molecule has 2 fully saturated rings. The highest BCUT2D eigenvalue weighted by molar-refractivity contribution is 5.91. The monoisotopic (exact) mass is 306 g/mol. The van der Waals surface area contributed by atoms with E-state index >= 15 is 0 Å². The zero-order chi connectivity index (χ0) is 16.1. The van der Waals surface area contributed by atoms with E-state index in [0.717, 1.165) is 18.4 Å². The Balaban J connectivity index is 1.96. The van der Waals surface area contributed by atoms with E-state index in [9.17, 15) is 9.59 Å². The van der Waals surface area contributed by atoms with E-state index in [-0.39, 0.29) is 23.6 Å². The number of esters is 2. The molecule has 3 rings (SSSR count). The molecule has 5 atom stereocenters. The van der Waals surface area contributed by atoms with Gasteiger partial charge in [0, 0.05) is 18.9 Å². The maximum Gasteiger partial charge on any atom is 0.334 e. The maximum atomic E-state index is 12.0. The van der Waals surface area contributed by atoms with Gasteiger partial charge in [-0.25, -0.2) is 4.79 Å². The summed E-state index contributed by atoms with van der Waals surface area (Å²) in [6.07, 6.45) is 3.52. The van der Waals surface area contributed by atoms with Gasteiger partial charge in [-0.05, 0) is 26.7 Å². The van der Waals surface area contributed by atoms with Gasteiger partial charge in [0.05, 0.1) is 11.5 Å². The van der Waals surface area contributed by atoms with Gasteiger partial charge in [-0.3, -0.25) is 4.79 Å². The van der Waals surface area contributed by atoms with Crippen LogP contribution in [0.1, 0.15) is 40.0 Å². The van der Waals surface area contributed by atoms with Crippen LogP contribution in [0.2, 0.25) is 0 Å². The average molecular weight is 306 g/mol. The van der Waals surface area contributed by atoms with Crippen LogP contribution in [0, 0.1) is 5.92 Å². The van der Waals surface area contributed by atoms with Crippen LogP contribution in [-0.2, 0) is 23.8 Å². The van der Waals surface area contributed by atoms with Crippen molar-refractivity contribution in [2.24, 2.45) is 5.92 Å². The fourth-order valence-electron chi connectivity index (χ4n) is 3.63. The molecular weight excluding hydrogens is 284 g/mol. The number of carbonyl (C=O) groups is 2. The van der Waals surface area contributed by atoms with Crippen LogP contribution < -0.4 is 0 Å². The highest BCUT2D eigenvalue weighted by atomic mass is 16.6. The summed E-state index contributed by atoms with van der Waals surface area (Å²) in [5.74, 6) is -1.12. The summed E-state index contributed by atoms with van der Waals surface area (Å²) in [5.41, 5.74) is 1.24. The molecule has 0 aromatic heterocycles. The summed E-state index contributed by atoms with van der Waals surface area (Å²) >= 11 is 0. The molecule has 0 radical (unpaired) electrons. The molecule has 0 saturated carbocycles. The van der Waals surface area contributed by atoms with Gasteiger partial charge in [-0.1, -0.05) is 18.2 Å². The molecule has 0 aromatic rings. The molecule has 3 unspecified atom stereocenters. The average Bonchev–Trinajstić information content (AvgIpc) is 2.98. The first-order chi connectivity index (χ1) is 10.3. The molecule has 0 amide bonds. The van der Waals surface area contributed by atoms with Gasteiger partial charge in [0.25, 0.3) is 0 Å². The molecule has 5 nitrogen and oxygen atoms in total. The van der Waals surface area contributed by atoms with Gasteiger partial charge < -0.3 is 14.2 Å². The Morgan fingerprint density at radius 3 is 2.91 bits per heavy atom. The Kier molecular flexibility index (Phi) is 3.63.